The van der Waals surface area contributed by atoms with Gasteiger partial charge in [0.25, 0.3) is 0 Å². The summed E-state index contributed by atoms with van der Waals surface area (Å²) in [6.45, 7) is 1.99. The summed E-state index contributed by atoms with van der Waals surface area (Å²) in [4.78, 5) is 43.9. The number of anilines is 2. The van der Waals surface area contributed by atoms with Crippen LogP contribution in [0.15, 0.2) is 22.5 Å². The molecule has 3 aromatic rings. The molecule has 1 aliphatic heterocycles. The Labute approximate surface area is 196 Å². The number of carbonyl (C=O) groups excluding carboxylic acids is 3. The molecule has 0 bridgehead atoms. The summed E-state index contributed by atoms with van der Waals surface area (Å²) in [7, 11) is 0. The lowest BCUT2D eigenvalue weighted by Crippen LogP contribution is -2.30. The monoisotopic (exact) mass is 487 g/mol. The van der Waals surface area contributed by atoms with E-state index in [-0.39, 0.29) is 35.3 Å². The van der Waals surface area contributed by atoms with E-state index in [1.165, 1.54) is 39.3 Å². The van der Waals surface area contributed by atoms with Gasteiger partial charge in [0, 0.05) is 0 Å². The first-order valence-corrected chi connectivity index (χ1v) is 13.2. The number of carbonyl (C=O) groups is 3. The van der Waals surface area contributed by atoms with Crippen LogP contribution in [0, 0.1) is 11.8 Å². The van der Waals surface area contributed by atoms with E-state index in [1.807, 2.05) is 19.1 Å². The van der Waals surface area contributed by atoms with Gasteiger partial charge >= 0.3 is 0 Å². The van der Waals surface area contributed by atoms with Crippen LogP contribution in [0.5, 0.6) is 0 Å². The average Bonchev–Trinajstić information content (AvgIpc) is 3.49. The molecule has 8 nitrogen and oxygen atoms in total. The maximum absolute atomic E-state index is 12.9. The van der Waals surface area contributed by atoms with Crippen molar-refractivity contribution in [1.29, 1.82) is 0 Å². The van der Waals surface area contributed by atoms with Gasteiger partial charge < -0.3 is 0 Å². The Kier molecular flexibility index (Phi) is 5.95. The van der Waals surface area contributed by atoms with Gasteiger partial charge in [-0.2, -0.15) is 0 Å². The van der Waals surface area contributed by atoms with Gasteiger partial charge in [0.1, 0.15) is 5.01 Å². The molecule has 2 fully saturated rings. The van der Waals surface area contributed by atoms with Crippen molar-refractivity contribution < 1.29 is 14.4 Å². The Hall–Kier alpha value is -2.37. The summed E-state index contributed by atoms with van der Waals surface area (Å²) in [5.74, 6) is -0.431. The predicted octanol–water partition coefficient (Wildman–Crippen LogP) is 4.12. The molecule has 1 saturated carbocycles. The number of hydrogen-bond donors (Lipinski definition) is 1. The number of aromatic nitrogens is 3. The topological polar surface area (TPSA) is 105 Å². The Morgan fingerprint density at radius 1 is 1.16 bits per heavy atom. The van der Waals surface area contributed by atoms with Crippen molar-refractivity contribution in [1.82, 2.24) is 15.2 Å². The predicted molar refractivity (Wildman–Crippen MR) is 126 cm³/mol. The van der Waals surface area contributed by atoms with Crippen molar-refractivity contribution in [2.75, 3.05) is 16.0 Å². The van der Waals surface area contributed by atoms with Gasteiger partial charge in [-0.05, 0) is 37.5 Å². The highest BCUT2D eigenvalue weighted by Gasteiger charge is 2.48. The molecule has 2 atom stereocenters. The smallest absolute Gasteiger partial charge is 0.237 e. The molecule has 2 aliphatic rings. The minimum atomic E-state index is -0.167. The molecule has 0 unspecified atom stereocenters. The van der Waals surface area contributed by atoms with Gasteiger partial charge in [-0.25, -0.2) is 4.98 Å². The third kappa shape index (κ3) is 4.04. The minimum absolute atomic E-state index is 0.0715. The zero-order valence-electron chi connectivity index (χ0n) is 17.4. The van der Waals surface area contributed by atoms with E-state index in [0.717, 1.165) is 51.7 Å². The SMILES string of the molecule is CCc1nnc(NC(=O)CSc2nc3ccc(N4C(=O)[C@H]5CCCC[C@H]5C4=O)cc3s2)s1. The summed E-state index contributed by atoms with van der Waals surface area (Å²) in [6.07, 6.45) is 4.40. The number of thiazole rings is 1. The number of aryl methyl sites for hydroxylation is 1. The molecule has 1 saturated heterocycles. The third-order valence-corrected chi connectivity index (χ3v) is 8.94. The number of nitrogens with one attached hydrogen (secondary N) is 1. The first-order valence-electron chi connectivity index (χ1n) is 10.6. The van der Waals surface area contributed by atoms with Gasteiger partial charge in [-0.3, -0.25) is 24.6 Å². The van der Waals surface area contributed by atoms with Crippen molar-refractivity contribution in [2.45, 2.75) is 43.4 Å². The normalized spacial score (nSPS) is 20.7. The summed E-state index contributed by atoms with van der Waals surface area (Å²) in [6, 6.07) is 5.48. The quantitative estimate of drug-likeness (QED) is 0.412. The van der Waals surface area contributed by atoms with E-state index >= 15 is 0 Å². The first-order chi connectivity index (χ1) is 15.5. The number of fused-ring (bicyclic) bond motifs is 2. The molecule has 166 valence electrons. The molecule has 32 heavy (non-hydrogen) atoms. The highest BCUT2D eigenvalue weighted by molar-refractivity contribution is 8.01. The van der Waals surface area contributed by atoms with Crippen LogP contribution in [0.4, 0.5) is 10.8 Å². The second-order valence-corrected chi connectivity index (χ2v) is 11.1. The molecule has 2 aromatic heterocycles. The summed E-state index contributed by atoms with van der Waals surface area (Å²) in [5, 5.41) is 12.1. The maximum atomic E-state index is 12.9. The molecule has 11 heteroatoms. The number of thioether (sulfide) groups is 1. The zero-order chi connectivity index (χ0) is 22.2. The van der Waals surface area contributed by atoms with Crippen molar-refractivity contribution in [3.05, 3.63) is 23.2 Å². The van der Waals surface area contributed by atoms with E-state index in [4.69, 9.17) is 0 Å². The molecule has 3 heterocycles. The summed E-state index contributed by atoms with van der Waals surface area (Å²) >= 11 is 4.17. The Bertz CT molecular complexity index is 1180. The van der Waals surface area contributed by atoms with Crippen LogP contribution in [-0.2, 0) is 20.8 Å². The van der Waals surface area contributed by atoms with E-state index in [9.17, 15) is 14.4 Å². The third-order valence-electron chi connectivity index (χ3n) is 5.79. The Morgan fingerprint density at radius 2 is 1.91 bits per heavy atom. The molecule has 3 amide bonds. The molecule has 0 radical (unpaired) electrons. The van der Waals surface area contributed by atoms with Gasteiger partial charge in [-0.1, -0.05) is 42.9 Å². The molecule has 1 aromatic carbocycles. The van der Waals surface area contributed by atoms with Crippen molar-refractivity contribution >= 4 is 73.2 Å². The number of amides is 3. The zero-order valence-corrected chi connectivity index (χ0v) is 19.8. The van der Waals surface area contributed by atoms with Crippen LogP contribution >= 0.6 is 34.4 Å². The van der Waals surface area contributed by atoms with Crippen molar-refractivity contribution in [3.63, 3.8) is 0 Å². The van der Waals surface area contributed by atoms with Crippen LogP contribution in [-0.4, -0.2) is 38.7 Å². The number of benzene rings is 1. The van der Waals surface area contributed by atoms with Gasteiger partial charge in [-0.15, -0.1) is 21.5 Å². The van der Waals surface area contributed by atoms with Gasteiger partial charge in [0.15, 0.2) is 4.34 Å². The minimum Gasteiger partial charge on any atom is -0.300 e. The largest absolute Gasteiger partial charge is 0.300 e. The molecular weight excluding hydrogens is 466 g/mol. The molecule has 5 rings (SSSR count). The van der Waals surface area contributed by atoms with E-state index < -0.39 is 0 Å². The van der Waals surface area contributed by atoms with E-state index in [1.54, 1.807) is 6.07 Å². The molecule has 0 spiro atoms. The number of imide groups is 1. The van der Waals surface area contributed by atoms with Crippen molar-refractivity contribution in [3.8, 4) is 0 Å². The van der Waals surface area contributed by atoms with E-state index in [0.29, 0.717) is 10.8 Å². The summed E-state index contributed by atoms with van der Waals surface area (Å²) < 4.78 is 1.64. The van der Waals surface area contributed by atoms with Crippen LogP contribution in [0.3, 0.4) is 0 Å². The lowest BCUT2D eigenvalue weighted by atomic mass is 9.81. The fraction of sp³-hybridized carbons (Fsp3) is 0.429. The number of hydrogen-bond acceptors (Lipinski definition) is 9. The van der Waals surface area contributed by atoms with Crippen LogP contribution in [0.2, 0.25) is 0 Å². The second-order valence-electron chi connectivity index (χ2n) is 7.83. The lowest BCUT2D eigenvalue weighted by Gasteiger charge is -2.19. The second kappa shape index (κ2) is 8.87. The fourth-order valence-corrected chi connectivity index (χ4v) is 6.84. The molecule has 1 aliphatic carbocycles. The Morgan fingerprint density at radius 3 is 2.59 bits per heavy atom. The van der Waals surface area contributed by atoms with Crippen LogP contribution in [0.25, 0.3) is 10.2 Å². The first kappa shape index (κ1) is 21.5. The lowest BCUT2D eigenvalue weighted by molar-refractivity contribution is -0.122. The van der Waals surface area contributed by atoms with Crippen molar-refractivity contribution in [2.24, 2.45) is 11.8 Å². The highest BCUT2D eigenvalue weighted by atomic mass is 32.2. The standard InChI is InChI=1S/C21H21N5O3S3/c1-2-17-24-25-20(32-17)23-16(27)10-30-21-22-14-8-7-11(9-15(14)31-21)26-18(28)12-5-3-4-6-13(12)19(26)29/h7-9,12-13H,2-6,10H2,1H3,(H,23,25,27)/t12-,13+. The van der Waals surface area contributed by atoms with E-state index in [2.05, 4.69) is 20.5 Å². The number of rotatable bonds is 6. The highest BCUT2D eigenvalue weighted by Crippen LogP contribution is 2.41. The fourth-order valence-electron chi connectivity index (χ4n) is 4.24. The van der Waals surface area contributed by atoms with Gasteiger partial charge in [0.05, 0.1) is 33.5 Å². The van der Waals surface area contributed by atoms with Crippen LogP contribution < -0.4 is 10.2 Å². The van der Waals surface area contributed by atoms with Gasteiger partial charge in [0.2, 0.25) is 22.9 Å². The molecular formula is C21H21N5O3S3. The van der Waals surface area contributed by atoms with Crippen LogP contribution in [0.1, 0.15) is 37.6 Å². The summed E-state index contributed by atoms with van der Waals surface area (Å²) in [5.41, 5.74) is 1.40. The Balaban J connectivity index is 1.27. The number of nitrogens with zero attached hydrogens (tertiary/aromatic N) is 4. The average molecular weight is 488 g/mol. The molecule has 1 N–H and O–H groups in total. The maximum Gasteiger partial charge on any atom is 0.237 e.